The summed E-state index contributed by atoms with van der Waals surface area (Å²) in [5.74, 6) is 0.227. The van der Waals surface area contributed by atoms with E-state index in [0.717, 1.165) is 6.42 Å². The fourth-order valence-electron chi connectivity index (χ4n) is 0.201. The van der Waals surface area contributed by atoms with Crippen LogP contribution in [0, 0.1) is 5.92 Å². The molecule has 2 unspecified atom stereocenters. The molecule has 0 aliphatic heterocycles. The van der Waals surface area contributed by atoms with Gasteiger partial charge in [-0.3, -0.25) is 4.79 Å². The fourth-order valence-corrected chi connectivity index (χ4v) is 0.437. The maximum absolute atomic E-state index is 10.3. The minimum Gasteiger partial charge on any atom is -0.295 e. The molecule has 0 radical (unpaired) electrons. The van der Waals surface area contributed by atoms with E-state index in [2.05, 4.69) is 9.24 Å². The van der Waals surface area contributed by atoms with Gasteiger partial charge in [-0.1, -0.05) is 23.1 Å². The molecule has 0 saturated carbocycles. The summed E-state index contributed by atoms with van der Waals surface area (Å²) < 4.78 is 0. The van der Waals surface area contributed by atoms with Gasteiger partial charge in [0.05, 0.1) is 0 Å². The zero-order valence-corrected chi connectivity index (χ0v) is 5.92. The molecule has 0 spiro atoms. The number of hydrogen-bond donors (Lipinski definition) is 0. The summed E-state index contributed by atoms with van der Waals surface area (Å²) in [6.07, 6.45) is 0.947. The Kier molecular flexibility index (Phi) is 3.19. The van der Waals surface area contributed by atoms with E-state index in [1.807, 2.05) is 13.8 Å². The number of carbonyl (C=O) groups is 1. The summed E-state index contributed by atoms with van der Waals surface area (Å²) in [4.78, 5) is 10.3. The summed E-state index contributed by atoms with van der Waals surface area (Å²) in [7, 11) is 2.18. The lowest BCUT2D eigenvalue weighted by Crippen LogP contribution is -1.99. The lowest BCUT2D eigenvalue weighted by atomic mass is 10.1. The lowest BCUT2D eigenvalue weighted by molar-refractivity contribution is -0.114. The molecule has 0 aliphatic rings. The molecule has 0 heterocycles. The van der Waals surface area contributed by atoms with Crippen molar-refractivity contribution in [3.05, 3.63) is 0 Å². The van der Waals surface area contributed by atoms with Crippen LogP contribution in [0.4, 0.5) is 0 Å². The first kappa shape index (κ1) is 7.10. The van der Waals surface area contributed by atoms with Gasteiger partial charge in [-0.25, -0.2) is 0 Å². The third-order valence-electron chi connectivity index (χ3n) is 1.10. The van der Waals surface area contributed by atoms with Gasteiger partial charge in [0.15, 0.2) is 5.52 Å². The summed E-state index contributed by atoms with van der Waals surface area (Å²) in [6.45, 7) is 3.93. The molecule has 0 aromatic rings. The standard InChI is InChI=1S/C5H11OP/c1-3-4(2)5(6)7/h4H,3,7H2,1-2H3. The Labute approximate surface area is 46.7 Å². The van der Waals surface area contributed by atoms with Crippen LogP contribution in [0.1, 0.15) is 20.3 Å². The molecule has 2 heteroatoms. The van der Waals surface area contributed by atoms with Crippen LogP contribution in [0.15, 0.2) is 0 Å². The Morgan fingerprint density at radius 2 is 2.29 bits per heavy atom. The van der Waals surface area contributed by atoms with Crippen LogP contribution in [0.5, 0.6) is 0 Å². The number of rotatable bonds is 2. The highest BCUT2D eigenvalue weighted by atomic mass is 31.0. The quantitative estimate of drug-likeness (QED) is 0.501. The van der Waals surface area contributed by atoms with Gasteiger partial charge in [-0.2, -0.15) is 0 Å². The van der Waals surface area contributed by atoms with Gasteiger partial charge in [0, 0.05) is 5.92 Å². The second kappa shape index (κ2) is 3.15. The molecule has 0 amide bonds. The molecular weight excluding hydrogens is 107 g/mol. The van der Waals surface area contributed by atoms with Crippen LogP contribution in [0.2, 0.25) is 0 Å². The van der Waals surface area contributed by atoms with Crippen molar-refractivity contribution in [2.75, 3.05) is 0 Å². The van der Waals surface area contributed by atoms with Crippen LogP contribution in [0.25, 0.3) is 0 Å². The Bertz CT molecular complexity index is 70.5. The average Bonchev–Trinajstić information content (AvgIpc) is 1.65. The largest absolute Gasteiger partial charge is 0.295 e. The van der Waals surface area contributed by atoms with Gasteiger partial charge >= 0.3 is 0 Å². The molecule has 2 atom stereocenters. The predicted octanol–water partition coefficient (Wildman–Crippen LogP) is 1.43. The van der Waals surface area contributed by atoms with E-state index in [4.69, 9.17) is 0 Å². The molecular formula is C5H11OP. The monoisotopic (exact) mass is 118 g/mol. The first-order valence-corrected chi connectivity index (χ1v) is 3.05. The number of carbonyl (C=O) groups excluding carboxylic acids is 1. The highest BCUT2D eigenvalue weighted by Gasteiger charge is 2.01. The smallest absolute Gasteiger partial charge is 0.151 e. The minimum absolute atomic E-state index is 0.211. The summed E-state index contributed by atoms with van der Waals surface area (Å²) in [6, 6.07) is 0. The predicted molar refractivity (Wildman–Crippen MR) is 34.2 cm³/mol. The molecule has 1 nitrogen and oxygen atoms in total. The van der Waals surface area contributed by atoms with E-state index in [1.165, 1.54) is 0 Å². The van der Waals surface area contributed by atoms with E-state index in [9.17, 15) is 4.79 Å². The van der Waals surface area contributed by atoms with Crippen LogP contribution in [-0.2, 0) is 4.79 Å². The Morgan fingerprint density at radius 1 is 1.86 bits per heavy atom. The molecule has 0 saturated heterocycles. The van der Waals surface area contributed by atoms with Crippen LogP contribution >= 0.6 is 9.24 Å². The van der Waals surface area contributed by atoms with Crippen molar-refractivity contribution in [3.8, 4) is 0 Å². The molecule has 0 aromatic carbocycles. The average molecular weight is 118 g/mol. The highest BCUT2D eigenvalue weighted by molar-refractivity contribution is 7.40. The zero-order chi connectivity index (χ0) is 5.86. The first-order chi connectivity index (χ1) is 3.18. The summed E-state index contributed by atoms with van der Waals surface area (Å²) >= 11 is 0. The molecule has 0 aromatic heterocycles. The van der Waals surface area contributed by atoms with Gasteiger partial charge in [0.2, 0.25) is 0 Å². The molecule has 42 valence electrons. The van der Waals surface area contributed by atoms with Crippen molar-refractivity contribution in [2.24, 2.45) is 5.92 Å². The highest BCUT2D eigenvalue weighted by Crippen LogP contribution is 2.05. The van der Waals surface area contributed by atoms with E-state index < -0.39 is 0 Å². The molecule has 0 fully saturated rings. The maximum atomic E-state index is 10.3. The van der Waals surface area contributed by atoms with Crippen molar-refractivity contribution in [1.29, 1.82) is 0 Å². The van der Waals surface area contributed by atoms with E-state index >= 15 is 0 Å². The molecule has 7 heavy (non-hydrogen) atoms. The summed E-state index contributed by atoms with van der Waals surface area (Å²) in [5.41, 5.74) is 0.211. The topological polar surface area (TPSA) is 17.1 Å². The van der Waals surface area contributed by atoms with Gasteiger partial charge in [-0.05, 0) is 6.42 Å². The van der Waals surface area contributed by atoms with Gasteiger partial charge in [0.25, 0.3) is 0 Å². The maximum Gasteiger partial charge on any atom is 0.151 e. The Balaban J connectivity index is 3.34. The number of hydrogen-bond acceptors (Lipinski definition) is 1. The molecule has 0 bridgehead atoms. The van der Waals surface area contributed by atoms with Gasteiger partial charge in [-0.15, -0.1) is 0 Å². The second-order valence-corrected chi connectivity index (χ2v) is 2.28. The first-order valence-electron chi connectivity index (χ1n) is 2.47. The lowest BCUT2D eigenvalue weighted by Gasteiger charge is -1.98. The second-order valence-electron chi connectivity index (χ2n) is 1.71. The van der Waals surface area contributed by atoms with Crippen molar-refractivity contribution in [1.82, 2.24) is 0 Å². The van der Waals surface area contributed by atoms with Crippen molar-refractivity contribution >= 4 is 14.8 Å². The van der Waals surface area contributed by atoms with Gasteiger partial charge in [0.1, 0.15) is 0 Å². The van der Waals surface area contributed by atoms with Crippen molar-refractivity contribution in [2.45, 2.75) is 20.3 Å². The fraction of sp³-hybridized carbons (Fsp3) is 0.800. The van der Waals surface area contributed by atoms with Crippen LogP contribution in [-0.4, -0.2) is 5.52 Å². The third-order valence-corrected chi connectivity index (χ3v) is 1.67. The Hall–Kier alpha value is 0.100. The van der Waals surface area contributed by atoms with Crippen LogP contribution in [0.3, 0.4) is 0 Å². The van der Waals surface area contributed by atoms with E-state index in [0.29, 0.717) is 0 Å². The molecule has 0 aliphatic carbocycles. The zero-order valence-electron chi connectivity index (χ0n) is 4.77. The normalized spacial score (nSPS) is 13.6. The Morgan fingerprint density at radius 3 is 2.29 bits per heavy atom. The van der Waals surface area contributed by atoms with Crippen LogP contribution < -0.4 is 0 Å². The molecule has 0 N–H and O–H groups in total. The van der Waals surface area contributed by atoms with Crippen molar-refractivity contribution in [3.63, 3.8) is 0 Å². The van der Waals surface area contributed by atoms with E-state index in [-0.39, 0.29) is 11.4 Å². The van der Waals surface area contributed by atoms with Crippen molar-refractivity contribution < 1.29 is 4.79 Å². The third kappa shape index (κ3) is 2.76. The van der Waals surface area contributed by atoms with E-state index in [1.54, 1.807) is 0 Å². The summed E-state index contributed by atoms with van der Waals surface area (Å²) in [5, 5.41) is 0. The van der Waals surface area contributed by atoms with Gasteiger partial charge < -0.3 is 0 Å². The molecule has 0 rings (SSSR count). The minimum atomic E-state index is 0.211. The SMILES string of the molecule is CCC(C)C(=O)P.